The standard InChI is InChI=1S/C9H11N2O2S.Na.H2O/c1-2-3-8-4-6-9(7-5-8)10-11-14(12)13;;/h4-7H,2-3H2,1H3;;1H2/q-1;+1;/p-1. The summed E-state index contributed by atoms with van der Waals surface area (Å²) >= 11 is 0. The van der Waals surface area contributed by atoms with Crippen molar-refractivity contribution in [2.45, 2.75) is 19.8 Å². The smallest absolute Gasteiger partial charge is 0.870 e. The monoisotopic (exact) mass is 251 g/mol. The topological polar surface area (TPSA) is 88.9 Å². The van der Waals surface area contributed by atoms with E-state index in [0.29, 0.717) is 5.69 Å². The molecule has 1 aromatic rings. The molecule has 16 heavy (non-hydrogen) atoms. The van der Waals surface area contributed by atoms with E-state index < -0.39 is 10.9 Å². The molecular weight excluding hydrogens is 239 g/mol. The maximum Gasteiger partial charge on any atom is 1.00 e. The third-order valence-electron chi connectivity index (χ3n) is 1.70. The zero-order chi connectivity index (χ0) is 10.4. The fraction of sp³-hybridized carbons (Fsp3) is 0.333. The predicted octanol–water partition coefficient (Wildman–Crippen LogP) is -0.226. The third kappa shape index (κ3) is 7.08. The summed E-state index contributed by atoms with van der Waals surface area (Å²) < 4.78 is 23.2. The number of benzene rings is 1. The molecule has 1 aromatic carbocycles. The number of aryl methyl sites for hydroxylation is 1. The molecule has 0 amide bonds. The molecule has 1 rings (SSSR count). The van der Waals surface area contributed by atoms with Crippen LogP contribution in [0.3, 0.4) is 0 Å². The van der Waals surface area contributed by atoms with Gasteiger partial charge in [0.2, 0.25) is 0 Å². The molecule has 84 valence electrons. The second-order valence-electron chi connectivity index (χ2n) is 2.82. The Hall–Kier alpha value is -0.270. The van der Waals surface area contributed by atoms with E-state index in [-0.39, 0.29) is 35.0 Å². The van der Waals surface area contributed by atoms with Crippen molar-refractivity contribution in [3.63, 3.8) is 0 Å². The van der Waals surface area contributed by atoms with Crippen molar-refractivity contribution in [3.05, 3.63) is 29.8 Å². The van der Waals surface area contributed by atoms with Crippen LogP contribution in [0.15, 0.2) is 33.9 Å². The van der Waals surface area contributed by atoms with Gasteiger partial charge in [-0.1, -0.05) is 25.5 Å². The molecule has 7 heteroatoms. The van der Waals surface area contributed by atoms with E-state index >= 15 is 0 Å². The van der Waals surface area contributed by atoms with Crippen LogP contribution in [-0.4, -0.2) is 5.48 Å². The van der Waals surface area contributed by atoms with Crippen molar-refractivity contribution in [1.29, 1.82) is 0 Å². The summed E-state index contributed by atoms with van der Waals surface area (Å²) in [5.74, 6) is 0. The Labute approximate surface area is 119 Å². The van der Waals surface area contributed by atoms with E-state index in [9.17, 15) is 8.42 Å². The third-order valence-corrected chi connectivity index (χ3v) is 1.91. The van der Waals surface area contributed by atoms with Crippen molar-refractivity contribution >= 4 is 16.6 Å². The average molecular weight is 251 g/mol. The molecule has 0 atom stereocenters. The fourth-order valence-corrected chi connectivity index (χ4v) is 1.26. The first-order valence-corrected chi connectivity index (χ1v) is 5.35. The van der Waals surface area contributed by atoms with Gasteiger partial charge in [0, 0.05) is 0 Å². The van der Waals surface area contributed by atoms with Crippen molar-refractivity contribution in [3.8, 4) is 0 Å². The van der Waals surface area contributed by atoms with Gasteiger partial charge in [0.1, 0.15) is 0 Å². The number of rotatable bonds is 4. The van der Waals surface area contributed by atoms with Crippen molar-refractivity contribution < 1.29 is 43.5 Å². The molecule has 0 aliphatic heterocycles. The Morgan fingerprint density at radius 2 is 1.75 bits per heavy atom. The number of hydrogen-bond donors (Lipinski definition) is 0. The van der Waals surface area contributed by atoms with Gasteiger partial charge in [0.25, 0.3) is 0 Å². The van der Waals surface area contributed by atoms with Gasteiger partial charge in [-0.25, -0.2) is 4.52 Å². The molecule has 0 radical (unpaired) electrons. The van der Waals surface area contributed by atoms with Gasteiger partial charge in [-0.15, -0.1) is 0 Å². The molecule has 1 N–H and O–H groups in total. The first-order valence-electron chi connectivity index (χ1n) is 4.32. The van der Waals surface area contributed by atoms with Crippen LogP contribution >= 0.6 is 0 Å². The van der Waals surface area contributed by atoms with Gasteiger partial charge in [0.15, 0.2) is 0 Å². The minimum Gasteiger partial charge on any atom is -0.870 e. The molecule has 0 saturated heterocycles. The van der Waals surface area contributed by atoms with Gasteiger partial charge >= 0.3 is 29.6 Å². The van der Waals surface area contributed by atoms with Crippen LogP contribution in [-0.2, 0) is 25.7 Å². The summed E-state index contributed by atoms with van der Waals surface area (Å²) in [7, 11) is -2.47. The van der Waals surface area contributed by atoms with Crippen LogP contribution in [0.4, 0.5) is 5.69 Å². The van der Waals surface area contributed by atoms with Gasteiger partial charge in [-0.05, 0) is 24.1 Å². The average Bonchev–Trinajstić information content (AvgIpc) is 2.17. The summed E-state index contributed by atoms with van der Waals surface area (Å²) in [4.78, 5) is 0. The molecular formula is C9H12N2NaO3S-. The van der Waals surface area contributed by atoms with Crippen LogP contribution < -0.4 is 29.6 Å². The van der Waals surface area contributed by atoms with Crippen molar-refractivity contribution in [1.82, 2.24) is 0 Å². The Kier molecular flexibility index (Phi) is 11.2. The predicted molar refractivity (Wildman–Crippen MR) is 55.6 cm³/mol. The molecule has 5 nitrogen and oxygen atoms in total. The Morgan fingerprint density at radius 1 is 1.19 bits per heavy atom. The zero-order valence-electron chi connectivity index (χ0n) is 9.29. The Bertz CT molecular complexity index is 382. The van der Waals surface area contributed by atoms with E-state index in [4.69, 9.17) is 0 Å². The summed E-state index contributed by atoms with van der Waals surface area (Å²) in [6.45, 7) is 2.11. The normalized spacial score (nSPS) is 9.88. The first-order chi connectivity index (χ1) is 6.72. The van der Waals surface area contributed by atoms with E-state index in [2.05, 4.69) is 16.6 Å². The van der Waals surface area contributed by atoms with Crippen LogP contribution in [0.25, 0.3) is 0 Å². The fourth-order valence-electron chi connectivity index (χ4n) is 1.10. The SMILES string of the molecule is CCCc1ccc(N=N[S-](=O)=O)cc1.[Na+].[OH-]. The van der Waals surface area contributed by atoms with E-state index in [1.807, 2.05) is 12.1 Å². The summed E-state index contributed by atoms with van der Waals surface area (Å²) in [5, 5.41) is 3.52. The molecule has 0 aromatic heterocycles. The van der Waals surface area contributed by atoms with Crippen LogP contribution in [0.2, 0.25) is 0 Å². The van der Waals surface area contributed by atoms with Gasteiger partial charge in [-0.2, -0.15) is 5.11 Å². The molecule has 0 heterocycles. The molecule has 0 bridgehead atoms. The molecule has 0 aliphatic carbocycles. The minimum atomic E-state index is -2.47. The van der Waals surface area contributed by atoms with Gasteiger partial charge < -0.3 is 13.9 Å². The molecule has 0 fully saturated rings. The summed E-state index contributed by atoms with van der Waals surface area (Å²) in [6, 6.07) is 7.35. The van der Waals surface area contributed by atoms with Gasteiger partial charge in [0.05, 0.1) is 16.6 Å². The first kappa shape index (κ1) is 18.1. The van der Waals surface area contributed by atoms with E-state index in [0.717, 1.165) is 12.8 Å². The molecule has 0 aliphatic rings. The van der Waals surface area contributed by atoms with Crippen molar-refractivity contribution in [2.75, 3.05) is 0 Å². The summed E-state index contributed by atoms with van der Waals surface area (Å²) in [5.41, 5.74) is 1.77. The summed E-state index contributed by atoms with van der Waals surface area (Å²) in [6.07, 6.45) is 2.11. The van der Waals surface area contributed by atoms with Crippen LogP contribution in [0, 0.1) is 0 Å². The molecule has 0 saturated carbocycles. The zero-order valence-corrected chi connectivity index (χ0v) is 12.1. The van der Waals surface area contributed by atoms with Gasteiger partial charge in [-0.3, -0.25) is 0 Å². The van der Waals surface area contributed by atoms with Crippen molar-refractivity contribution in [2.24, 2.45) is 9.63 Å². The second-order valence-corrected chi connectivity index (χ2v) is 3.41. The largest absolute Gasteiger partial charge is 1.00 e. The molecule has 0 unspecified atom stereocenters. The maximum atomic E-state index is 10.1. The Morgan fingerprint density at radius 3 is 2.19 bits per heavy atom. The van der Waals surface area contributed by atoms with Crippen LogP contribution in [0.5, 0.6) is 0 Å². The number of nitrogens with zero attached hydrogens (tertiary/aromatic N) is 2. The van der Waals surface area contributed by atoms with E-state index in [1.165, 1.54) is 5.56 Å². The van der Waals surface area contributed by atoms with E-state index in [1.54, 1.807) is 12.1 Å². The minimum absolute atomic E-state index is 0. The quantitative estimate of drug-likeness (QED) is 0.421. The number of hydrogen-bond acceptors (Lipinski definition) is 5. The second kappa shape index (κ2) is 9.92. The maximum absolute atomic E-state index is 10.1. The molecule has 0 spiro atoms. The Balaban J connectivity index is 0. The van der Waals surface area contributed by atoms with Crippen LogP contribution in [0.1, 0.15) is 18.9 Å².